The molecule has 2 N–H and O–H groups in total. The fourth-order valence-corrected chi connectivity index (χ4v) is 2.57. The molecule has 0 radical (unpaired) electrons. The first-order valence-electron chi connectivity index (χ1n) is 7.58. The van der Waals surface area contributed by atoms with Gasteiger partial charge in [-0.25, -0.2) is 0 Å². The molecular formula is C18H22O3. The van der Waals surface area contributed by atoms with E-state index in [1.807, 2.05) is 19.1 Å². The number of carbonyl (C=O) groups excluding carboxylic acids is 1. The summed E-state index contributed by atoms with van der Waals surface area (Å²) < 4.78 is 0. The van der Waals surface area contributed by atoms with E-state index >= 15 is 0 Å². The number of aryl methyl sites for hydroxylation is 1. The van der Waals surface area contributed by atoms with Crippen LogP contribution in [0, 0.1) is 0 Å². The average molecular weight is 286 g/mol. The third-order valence-corrected chi connectivity index (χ3v) is 3.73. The summed E-state index contributed by atoms with van der Waals surface area (Å²) in [7, 11) is 0. The molecule has 3 nitrogen and oxygen atoms in total. The molecule has 2 aromatic rings. The number of unbranched alkanes of at least 4 members (excludes halogenated alkanes) is 1. The maximum atomic E-state index is 12.3. The zero-order chi connectivity index (χ0) is 15.4. The van der Waals surface area contributed by atoms with E-state index in [0.29, 0.717) is 6.42 Å². The van der Waals surface area contributed by atoms with Crippen LogP contribution < -0.4 is 0 Å². The highest BCUT2D eigenvalue weighted by Crippen LogP contribution is 2.32. The molecule has 0 fully saturated rings. The molecule has 0 saturated heterocycles. The monoisotopic (exact) mass is 286 g/mol. The van der Waals surface area contributed by atoms with Gasteiger partial charge in [0.05, 0.1) is 0 Å². The number of benzene rings is 2. The zero-order valence-corrected chi connectivity index (χ0v) is 12.6. The quantitative estimate of drug-likeness (QED) is 0.604. The maximum absolute atomic E-state index is 12.3. The summed E-state index contributed by atoms with van der Waals surface area (Å²) in [5.41, 5.74) is 1.79. The summed E-state index contributed by atoms with van der Waals surface area (Å²) in [6.45, 7) is 4.12. The summed E-state index contributed by atoms with van der Waals surface area (Å²) in [5, 5.41) is 20.9. The first kappa shape index (κ1) is 15.4. The van der Waals surface area contributed by atoms with Crippen LogP contribution in [0.25, 0.3) is 10.8 Å². The van der Waals surface area contributed by atoms with Crippen molar-refractivity contribution in [3.8, 4) is 11.5 Å². The summed E-state index contributed by atoms with van der Waals surface area (Å²) in [6, 6.07) is 6.87. The van der Waals surface area contributed by atoms with Gasteiger partial charge in [0.2, 0.25) is 0 Å². The molecular weight excluding hydrogens is 264 g/mol. The normalized spacial score (nSPS) is 11.0. The minimum Gasteiger partial charge on any atom is -0.504 e. The van der Waals surface area contributed by atoms with E-state index in [4.69, 9.17) is 0 Å². The van der Waals surface area contributed by atoms with Crippen LogP contribution in [0.2, 0.25) is 0 Å². The van der Waals surface area contributed by atoms with E-state index in [0.717, 1.165) is 47.6 Å². The molecule has 0 aliphatic rings. The predicted molar refractivity (Wildman–Crippen MR) is 85.1 cm³/mol. The Morgan fingerprint density at radius 3 is 2.14 bits per heavy atom. The number of hydrogen-bond acceptors (Lipinski definition) is 3. The van der Waals surface area contributed by atoms with Crippen LogP contribution in [0.3, 0.4) is 0 Å². The first-order chi connectivity index (χ1) is 10.1. The molecule has 3 heteroatoms. The highest BCUT2D eigenvalue weighted by atomic mass is 16.3. The molecule has 0 aliphatic heterocycles. The molecule has 0 aromatic heterocycles. The lowest BCUT2D eigenvalue weighted by Gasteiger charge is -2.11. The van der Waals surface area contributed by atoms with Crippen LogP contribution in [0.5, 0.6) is 11.5 Å². The van der Waals surface area contributed by atoms with Crippen LogP contribution >= 0.6 is 0 Å². The van der Waals surface area contributed by atoms with Gasteiger partial charge in [-0.05, 0) is 53.8 Å². The van der Waals surface area contributed by atoms with Crippen molar-refractivity contribution in [2.45, 2.75) is 46.0 Å². The van der Waals surface area contributed by atoms with E-state index in [-0.39, 0.29) is 17.3 Å². The Morgan fingerprint density at radius 1 is 0.952 bits per heavy atom. The molecule has 0 atom stereocenters. The van der Waals surface area contributed by atoms with Crippen molar-refractivity contribution in [3.63, 3.8) is 0 Å². The molecule has 0 saturated carbocycles. The largest absolute Gasteiger partial charge is 0.504 e. The SMILES string of the molecule is CCCCc1cc2cc(O)c(O)cc2cc1C(=O)CCC. The predicted octanol–water partition coefficient (Wildman–Crippen LogP) is 4.58. The van der Waals surface area contributed by atoms with Gasteiger partial charge in [0.1, 0.15) is 0 Å². The van der Waals surface area contributed by atoms with Crippen LogP contribution in [0.1, 0.15) is 55.5 Å². The van der Waals surface area contributed by atoms with Crippen molar-refractivity contribution >= 4 is 16.6 Å². The van der Waals surface area contributed by atoms with Crippen molar-refractivity contribution < 1.29 is 15.0 Å². The van der Waals surface area contributed by atoms with E-state index < -0.39 is 0 Å². The number of phenolic OH excluding ortho intramolecular Hbond substituents is 2. The van der Waals surface area contributed by atoms with Crippen molar-refractivity contribution in [2.75, 3.05) is 0 Å². The van der Waals surface area contributed by atoms with E-state index in [1.54, 1.807) is 6.07 Å². The van der Waals surface area contributed by atoms with Crippen LogP contribution in [0.15, 0.2) is 24.3 Å². The van der Waals surface area contributed by atoms with Gasteiger partial charge in [-0.3, -0.25) is 4.79 Å². The standard InChI is InChI=1S/C18H22O3/c1-3-5-7-12-8-13-10-17(20)18(21)11-14(13)9-15(12)16(19)6-4-2/h8-11,20-21H,3-7H2,1-2H3. The number of Topliss-reactive ketones (excluding diaryl/α,β-unsaturated/α-hetero) is 1. The lowest BCUT2D eigenvalue weighted by Crippen LogP contribution is -2.04. The van der Waals surface area contributed by atoms with Crippen LogP contribution in [-0.4, -0.2) is 16.0 Å². The molecule has 21 heavy (non-hydrogen) atoms. The summed E-state index contributed by atoms with van der Waals surface area (Å²) in [6.07, 6.45) is 4.32. The molecule has 112 valence electrons. The second kappa shape index (κ2) is 6.61. The van der Waals surface area contributed by atoms with E-state index in [1.165, 1.54) is 6.07 Å². The van der Waals surface area contributed by atoms with Gasteiger partial charge in [0.25, 0.3) is 0 Å². The number of rotatable bonds is 6. The molecule has 0 unspecified atom stereocenters. The van der Waals surface area contributed by atoms with Crippen LogP contribution in [0.4, 0.5) is 0 Å². The van der Waals surface area contributed by atoms with Gasteiger partial charge in [-0.1, -0.05) is 26.3 Å². The number of carbonyl (C=O) groups is 1. The van der Waals surface area contributed by atoms with Crippen molar-refractivity contribution in [1.82, 2.24) is 0 Å². The molecule has 0 amide bonds. The zero-order valence-electron chi connectivity index (χ0n) is 12.6. The van der Waals surface area contributed by atoms with Gasteiger partial charge in [-0.2, -0.15) is 0 Å². The minimum absolute atomic E-state index is 0.128. The summed E-state index contributed by atoms with van der Waals surface area (Å²) >= 11 is 0. The number of ketones is 1. The molecule has 0 spiro atoms. The molecule has 2 rings (SSSR count). The fourth-order valence-electron chi connectivity index (χ4n) is 2.57. The molecule has 0 aliphatic carbocycles. The fraction of sp³-hybridized carbons (Fsp3) is 0.389. The van der Waals surface area contributed by atoms with Gasteiger partial charge in [0, 0.05) is 12.0 Å². The topological polar surface area (TPSA) is 57.5 Å². The third kappa shape index (κ3) is 3.35. The second-order valence-corrected chi connectivity index (χ2v) is 5.47. The summed E-state index contributed by atoms with van der Waals surface area (Å²) in [5.74, 6) is -0.132. The lowest BCUT2D eigenvalue weighted by molar-refractivity contribution is 0.0981. The number of fused-ring (bicyclic) bond motifs is 1. The van der Waals surface area contributed by atoms with Gasteiger partial charge < -0.3 is 10.2 Å². The number of phenols is 2. The Morgan fingerprint density at radius 2 is 1.57 bits per heavy atom. The first-order valence-corrected chi connectivity index (χ1v) is 7.58. The Bertz CT molecular complexity index is 659. The Kier molecular flexibility index (Phi) is 4.84. The van der Waals surface area contributed by atoms with E-state index in [9.17, 15) is 15.0 Å². The number of hydrogen-bond donors (Lipinski definition) is 2. The Labute approximate surface area is 125 Å². The Hall–Kier alpha value is -2.03. The van der Waals surface area contributed by atoms with Crippen molar-refractivity contribution in [2.24, 2.45) is 0 Å². The lowest BCUT2D eigenvalue weighted by atomic mass is 9.93. The average Bonchev–Trinajstić information content (AvgIpc) is 2.46. The maximum Gasteiger partial charge on any atom is 0.163 e. The molecule has 2 aromatic carbocycles. The minimum atomic E-state index is -0.155. The number of aromatic hydroxyl groups is 2. The van der Waals surface area contributed by atoms with Crippen molar-refractivity contribution in [3.05, 3.63) is 35.4 Å². The molecule has 0 heterocycles. The molecule has 0 bridgehead atoms. The third-order valence-electron chi connectivity index (χ3n) is 3.73. The smallest absolute Gasteiger partial charge is 0.163 e. The Balaban J connectivity index is 2.56. The van der Waals surface area contributed by atoms with Crippen molar-refractivity contribution in [1.29, 1.82) is 0 Å². The van der Waals surface area contributed by atoms with Crippen LogP contribution in [-0.2, 0) is 6.42 Å². The van der Waals surface area contributed by atoms with Gasteiger partial charge in [-0.15, -0.1) is 0 Å². The van der Waals surface area contributed by atoms with Gasteiger partial charge in [0.15, 0.2) is 17.3 Å². The van der Waals surface area contributed by atoms with Gasteiger partial charge >= 0.3 is 0 Å². The highest BCUT2D eigenvalue weighted by Gasteiger charge is 2.13. The van der Waals surface area contributed by atoms with E-state index in [2.05, 4.69) is 6.92 Å². The second-order valence-electron chi connectivity index (χ2n) is 5.47. The summed E-state index contributed by atoms with van der Waals surface area (Å²) in [4.78, 5) is 12.3. The highest BCUT2D eigenvalue weighted by molar-refractivity contribution is 6.02.